The molecule has 0 saturated carbocycles. The fourth-order valence-corrected chi connectivity index (χ4v) is 5.18. The maximum Gasteiger partial charge on any atom is 0.257 e. The van der Waals surface area contributed by atoms with Crippen molar-refractivity contribution in [2.75, 3.05) is 12.3 Å². The van der Waals surface area contributed by atoms with Crippen LogP contribution in [0.2, 0.25) is 0 Å². The number of nitrogens with two attached hydrogens (primary N) is 1. The van der Waals surface area contributed by atoms with Gasteiger partial charge in [0.15, 0.2) is 17.2 Å². The van der Waals surface area contributed by atoms with Gasteiger partial charge >= 0.3 is 0 Å². The number of H-pyrrole nitrogens is 1. The molecule has 2 aliphatic rings. The predicted molar refractivity (Wildman–Crippen MR) is 123 cm³/mol. The first-order valence-electron chi connectivity index (χ1n) is 11.1. The summed E-state index contributed by atoms with van der Waals surface area (Å²) in [7, 11) is 0. The molecule has 0 bridgehead atoms. The molecule has 4 aromatic rings. The molecule has 35 heavy (non-hydrogen) atoms. The Morgan fingerprint density at radius 3 is 2.69 bits per heavy atom. The van der Waals surface area contributed by atoms with Crippen LogP contribution in [0, 0.1) is 11.6 Å². The Kier molecular flexibility index (Phi) is 4.60. The summed E-state index contributed by atoms with van der Waals surface area (Å²) in [6, 6.07) is 10.7. The molecule has 176 valence electrons. The van der Waals surface area contributed by atoms with Crippen LogP contribution >= 0.6 is 0 Å². The molecule has 1 atom stereocenters. The summed E-state index contributed by atoms with van der Waals surface area (Å²) < 4.78 is 27.2. The van der Waals surface area contributed by atoms with Gasteiger partial charge in [-0.1, -0.05) is 12.1 Å². The molecular weight excluding hydrogens is 454 g/mol. The van der Waals surface area contributed by atoms with Gasteiger partial charge in [0.2, 0.25) is 0 Å². The maximum absolute atomic E-state index is 13.9. The van der Waals surface area contributed by atoms with Gasteiger partial charge in [0.1, 0.15) is 5.82 Å². The van der Waals surface area contributed by atoms with E-state index in [2.05, 4.69) is 15.0 Å². The van der Waals surface area contributed by atoms with Crippen molar-refractivity contribution < 1.29 is 18.4 Å². The Morgan fingerprint density at radius 2 is 1.89 bits per heavy atom. The number of nitrogen functional groups attached to an aromatic ring is 1. The van der Waals surface area contributed by atoms with Crippen molar-refractivity contribution in [3.8, 4) is 0 Å². The quantitative estimate of drug-likeness (QED) is 0.473. The number of likely N-dealkylation sites (tertiary alicyclic amines) is 1. The number of hydrogen-bond donors (Lipinski definition) is 2. The van der Waals surface area contributed by atoms with Crippen molar-refractivity contribution in [3.05, 3.63) is 88.9 Å². The molecule has 2 aliphatic heterocycles. The number of carbonyl (C=O) groups excluding carboxylic acids is 2. The fraction of sp³-hybridized carbons (Fsp3) is 0.200. The van der Waals surface area contributed by atoms with Crippen molar-refractivity contribution in [2.24, 2.45) is 0 Å². The third-order valence-electron chi connectivity index (χ3n) is 6.84. The summed E-state index contributed by atoms with van der Waals surface area (Å²) >= 11 is 0. The molecule has 2 amide bonds. The van der Waals surface area contributed by atoms with Crippen molar-refractivity contribution in [3.63, 3.8) is 0 Å². The van der Waals surface area contributed by atoms with Crippen LogP contribution < -0.4 is 5.73 Å². The van der Waals surface area contributed by atoms with E-state index >= 15 is 0 Å². The lowest BCUT2D eigenvalue weighted by Crippen LogP contribution is -2.49. The van der Waals surface area contributed by atoms with E-state index in [1.54, 1.807) is 40.3 Å². The van der Waals surface area contributed by atoms with Crippen LogP contribution in [0.4, 0.5) is 14.6 Å². The zero-order valence-corrected chi connectivity index (χ0v) is 18.5. The maximum atomic E-state index is 13.9. The fourth-order valence-electron chi connectivity index (χ4n) is 5.18. The van der Waals surface area contributed by atoms with E-state index in [4.69, 9.17) is 5.73 Å². The minimum atomic E-state index is -1.19. The van der Waals surface area contributed by atoms with Gasteiger partial charge in [0.25, 0.3) is 11.8 Å². The second-order valence-electron chi connectivity index (χ2n) is 8.86. The van der Waals surface area contributed by atoms with E-state index in [1.807, 2.05) is 0 Å². The van der Waals surface area contributed by atoms with Gasteiger partial charge in [-0.3, -0.25) is 14.6 Å². The van der Waals surface area contributed by atoms with E-state index in [9.17, 15) is 18.4 Å². The average molecular weight is 474 g/mol. The van der Waals surface area contributed by atoms with Crippen LogP contribution in [-0.2, 0) is 23.4 Å². The number of aromatic nitrogens is 3. The number of benzene rings is 1. The number of anilines is 1. The molecule has 1 fully saturated rings. The van der Waals surface area contributed by atoms with Crippen molar-refractivity contribution >= 4 is 28.7 Å². The first-order chi connectivity index (χ1) is 16.9. The van der Waals surface area contributed by atoms with E-state index in [-0.39, 0.29) is 30.0 Å². The van der Waals surface area contributed by atoms with Crippen LogP contribution in [0.1, 0.15) is 33.6 Å². The van der Waals surface area contributed by atoms with Crippen LogP contribution in [0.15, 0.2) is 54.9 Å². The SMILES string of the molecule is Nc1nc2cc(CN3C(=O)c4cnccc4C34CCN(Cc3ccc(F)cc3)C4=O)[nH]c2cc1F. The van der Waals surface area contributed by atoms with Gasteiger partial charge in [-0.25, -0.2) is 13.8 Å². The third kappa shape index (κ3) is 3.17. The monoisotopic (exact) mass is 474 g/mol. The van der Waals surface area contributed by atoms with Crippen LogP contribution in [0.3, 0.4) is 0 Å². The Balaban J connectivity index is 1.38. The molecule has 5 heterocycles. The third-order valence-corrected chi connectivity index (χ3v) is 6.84. The lowest BCUT2D eigenvalue weighted by atomic mass is 9.88. The van der Waals surface area contributed by atoms with Crippen molar-refractivity contribution in [2.45, 2.75) is 25.0 Å². The molecule has 8 nitrogen and oxygen atoms in total. The highest BCUT2D eigenvalue weighted by Crippen LogP contribution is 2.47. The standard InChI is InChI=1S/C25H20F2N6O2/c26-15-3-1-14(2-4-15)12-32-8-6-25(24(32)35)18-5-7-29-11-17(18)23(34)33(25)13-16-9-20-21(30-16)10-19(27)22(28)31-20/h1-5,7,9-11,30H,6,8,12-13H2,(H2,28,31). The molecule has 1 spiro atoms. The Morgan fingerprint density at radius 1 is 1.09 bits per heavy atom. The second kappa shape index (κ2) is 7.59. The summed E-state index contributed by atoms with van der Waals surface area (Å²) in [5, 5.41) is 0. The largest absolute Gasteiger partial charge is 0.381 e. The number of carbonyl (C=O) groups is 2. The summed E-state index contributed by atoms with van der Waals surface area (Å²) in [4.78, 5) is 41.9. The van der Waals surface area contributed by atoms with Crippen molar-refractivity contribution in [1.82, 2.24) is 24.8 Å². The van der Waals surface area contributed by atoms with Gasteiger partial charge in [0, 0.05) is 49.2 Å². The second-order valence-corrected chi connectivity index (χ2v) is 8.86. The Labute approximate surface area is 198 Å². The first kappa shape index (κ1) is 21.2. The lowest BCUT2D eigenvalue weighted by molar-refractivity contribution is -0.137. The minimum absolute atomic E-state index is 0.0848. The highest BCUT2D eigenvalue weighted by atomic mass is 19.1. The molecule has 1 aromatic carbocycles. The smallest absolute Gasteiger partial charge is 0.257 e. The minimum Gasteiger partial charge on any atom is -0.381 e. The Hall–Kier alpha value is -4.34. The summed E-state index contributed by atoms with van der Waals surface area (Å²) in [6.45, 7) is 0.817. The number of aromatic amines is 1. The number of hydrogen-bond acceptors (Lipinski definition) is 5. The zero-order valence-electron chi connectivity index (χ0n) is 18.5. The molecule has 0 aliphatic carbocycles. The van der Waals surface area contributed by atoms with Gasteiger partial charge in [-0.05, 0) is 29.8 Å². The highest BCUT2D eigenvalue weighted by molar-refractivity contribution is 6.07. The normalized spacial score (nSPS) is 19.4. The molecule has 0 radical (unpaired) electrons. The van der Waals surface area contributed by atoms with Gasteiger partial charge in [-0.15, -0.1) is 0 Å². The first-order valence-corrected chi connectivity index (χ1v) is 11.1. The average Bonchev–Trinajstić information content (AvgIpc) is 3.46. The van der Waals surface area contributed by atoms with Gasteiger partial charge in [-0.2, -0.15) is 0 Å². The van der Waals surface area contributed by atoms with E-state index in [0.29, 0.717) is 47.4 Å². The number of nitrogens with zero attached hydrogens (tertiary/aromatic N) is 4. The number of fused-ring (bicyclic) bond motifs is 3. The molecule has 1 unspecified atom stereocenters. The summed E-state index contributed by atoms with van der Waals surface area (Å²) in [5.74, 6) is -1.70. The van der Waals surface area contributed by atoms with E-state index < -0.39 is 11.4 Å². The molecule has 3 aromatic heterocycles. The molecule has 6 rings (SSSR count). The number of amides is 2. The molecular formula is C25H20F2N6O2. The van der Waals surface area contributed by atoms with E-state index in [0.717, 1.165) is 5.56 Å². The highest BCUT2D eigenvalue weighted by Gasteiger charge is 2.59. The topological polar surface area (TPSA) is 108 Å². The Bertz CT molecular complexity index is 1460. The van der Waals surface area contributed by atoms with E-state index in [1.165, 1.54) is 24.4 Å². The van der Waals surface area contributed by atoms with Gasteiger partial charge in [0.05, 0.1) is 23.1 Å². The summed E-state index contributed by atoms with van der Waals surface area (Å²) in [6.07, 6.45) is 3.46. The molecule has 1 saturated heterocycles. The van der Waals surface area contributed by atoms with Crippen LogP contribution in [0.5, 0.6) is 0 Å². The van der Waals surface area contributed by atoms with Crippen LogP contribution in [-0.4, -0.2) is 43.1 Å². The number of pyridine rings is 2. The lowest BCUT2D eigenvalue weighted by Gasteiger charge is -2.34. The number of nitrogens with one attached hydrogen (secondary N) is 1. The molecule has 3 N–H and O–H groups in total. The molecule has 10 heteroatoms. The zero-order chi connectivity index (χ0) is 24.3. The number of rotatable bonds is 4. The van der Waals surface area contributed by atoms with Gasteiger partial charge < -0.3 is 20.5 Å². The van der Waals surface area contributed by atoms with Crippen molar-refractivity contribution in [1.29, 1.82) is 0 Å². The summed E-state index contributed by atoms with van der Waals surface area (Å²) in [5.41, 5.74) is 7.71. The predicted octanol–water partition coefficient (Wildman–Crippen LogP) is 3.10. The number of halogens is 2. The van der Waals surface area contributed by atoms with Crippen LogP contribution in [0.25, 0.3) is 11.0 Å².